The Morgan fingerprint density at radius 3 is 2.75 bits per heavy atom. The predicted molar refractivity (Wildman–Crippen MR) is 108 cm³/mol. The highest BCUT2D eigenvalue weighted by Crippen LogP contribution is 2.31. The maximum Gasteiger partial charge on any atom is 0.227 e. The van der Waals surface area contributed by atoms with Crippen molar-refractivity contribution in [3.05, 3.63) is 59.7 Å². The monoisotopic (exact) mass is 378 g/mol. The lowest BCUT2D eigenvalue weighted by Crippen LogP contribution is -2.36. The molecule has 5 nitrogen and oxygen atoms in total. The lowest BCUT2D eigenvalue weighted by molar-refractivity contribution is -0.127. The predicted octanol–water partition coefficient (Wildman–Crippen LogP) is 3.63. The molecule has 1 aliphatic carbocycles. The molecule has 0 saturated carbocycles. The summed E-state index contributed by atoms with van der Waals surface area (Å²) >= 11 is 0. The lowest BCUT2D eigenvalue weighted by Gasteiger charge is -2.27. The molecular formula is C23H26N2O3. The van der Waals surface area contributed by atoms with Crippen molar-refractivity contribution in [2.45, 2.75) is 38.6 Å². The molecule has 4 rings (SSSR count). The fraction of sp³-hybridized carbons (Fsp3) is 0.391. The number of aryl methyl sites for hydroxylation is 1. The van der Waals surface area contributed by atoms with Crippen LogP contribution < -0.4 is 15.0 Å². The number of carbonyl (C=O) groups excluding carboxylic acids is 2. The van der Waals surface area contributed by atoms with Crippen molar-refractivity contribution in [2.75, 3.05) is 18.1 Å². The molecule has 1 heterocycles. The normalized spacial score (nSPS) is 21.3. The van der Waals surface area contributed by atoms with Gasteiger partial charge in [-0.1, -0.05) is 24.3 Å². The molecular weight excluding hydrogens is 352 g/mol. The second kappa shape index (κ2) is 8.05. The Kier molecular flexibility index (Phi) is 5.33. The van der Waals surface area contributed by atoms with E-state index in [-0.39, 0.29) is 30.2 Å². The summed E-state index contributed by atoms with van der Waals surface area (Å²) in [6.07, 6.45) is 3.35. The zero-order chi connectivity index (χ0) is 19.5. The number of rotatable bonds is 5. The molecule has 2 atom stereocenters. The van der Waals surface area contributed by atoms with Gasteiger partial charge in [0.15, 0.2) is 0 Å². The van der Waals surface area contributed by atoms with Crippen LogP contribution in [0, 0.1) is 5.92 Å². The van der Waals surface area contributed by atoms with Gasteiger partial charge in [-0.05, 0) is 61.6 Å². The van der Waals surface area contributed by atoms with Gasteiger partial charge in [0, 0.05) is 18.7 Å². The van der Waals surface area contributed by atoms with Crippen molar-refractivity contribution in [3.63, 3.8) is 0 Å². The summed E-state index contributed by atoms with van der Waals surface area (Å²) in [6, 6.07) is 15.8. The summed E-state index contributed by atoms with van der Waals surface area (Å²) < 4.78 is 5.46. The van der Waals surface area contributed by atoms with Gasteiger partial charge in [-0.3, -0.25) is 9.59 Å². The number of fused-ring (bicyclic) bond motifs is 1. The molecule has 2 aliphatic rings. The molecule has 1 aliphatic heterocycles. The van der Waals surface area contributed by atoms with Crippen molar-refractivity contribution < 1.29 is 14.3 Å². The lowest BCUT2D eigenvalue weighted by atomic mass is 9.87. The van der Waals surface area contributed by atoms with E-state index >= 15 is 0 Å². The summed E-state index contributed by atoms with van der Waals surface area (Å²) in [7, 11) is 0. The summed E-state index contributed by atoms with van der Waals surface area (Å²) in [5.74, 6) is 0.438. The number of benzene rings is 2. The molecule has 1 fully saturated rings. The van der Waals surface area contributed by atoms with Gasteiger partial charge < -0.3 is 15.0 Å². The molecule has 5 heteroatoms. The van der Waals surface area contributed by atoms with Crippen LogP contribution in [0.4, 0.5) is 5.69 Å². The number of ether oxygens (including phenoxy) is 1. The zero-order valence-electron chi connectivity index (χ0n) is 16.2. The van der Waals surface area contributed by atoms with Crippen LogP contribution >= 0.6 is 0 Å². The van der Waals surface area contributed by atoms with E-state index in [1.165, 1.54) is 11.1 Å². The molecule has 2 aromatic carbocycles. The van der Waals surface area contributed by atoms with Gasteiger partial charge >= 0.3 is 0 Å². The highest BCUT2D eigenvalue weighted by atomic mass is 16.5. The Morgan fingerprint density at radius 1 is 1.18 bits per heavy atom. The van der Waals surface area contributed by atoms with E-state index < -0.39 is 0 Å². The molecule has 2 aromatic rings. The van der Waals surface area contributed by atoms with E-state index in [0.29, 0.717) is 13.2 Å². The topological polar surface area (TPSA) is 58.6 Å². The average molecular weight is 378 g/mol. The van der Waals surface area contributed by atoms with Crippen molar-refractivity contribution in [3.8, 4) is 5.75 Å². The van der Waals surface area contributed by atoms with E-state index in [4.69, 9.17) is 4.74 Å². The van der Waals surface area contributed by atoms with E-state index in [1.807, 2.05) is 43.3 Å². The van der Waals surface area contributed by atoms with Gasteiger partial charge in [-0.2, -0.15) is 0 Å². The number of anilines is 1. The fourth-order valence-corrected chi connectivity index (χ4v) is 4.22. The largest absolute Gasteiger partial charge is 0.494 e. The highest BCUT2D eigenvalue weighted by Gasteiger charge is 2.36. The number of carbonyl (C=O) groups is 2. The minimum atomic E-state index is -0.312. The highest BCUT2D eigenvalue weighted by molar-refractivity contribution is 6.00. The van der Waals surface area contributed by atoms with Gasteiger partial charge in [-0.25, -0.2) is 0 Å². The molecule has 0 aromatic heterocycles. The van der Waals surface area contributed by atoms with Crippen molar-refractivity contribution in [2.24, 2.45) is 5.92 Å². The maximum atomic E-state index is 12.9. The third-order valence-corrected chi connectivity index (χ3v) is 5.64. The molecule has 0 spiro atoms. The van der Waals surface area contributed by atoms with Gasteiger partial charge in [0.05, 0.1) is 18.6 Å². The first-order valence-corrected chi connectivity index (χ1v) is 10.1. The van der Waals surface area contributed by atoms with Gasteiger partial charge in [0.1, 0.15) is 5.75 Å². The van der Waals surface area contributed by atoms with Crippen LogP contribution in [0.5, 0.6) is 5.75 Å². The molecule has 0 bridgehead atoms. The quantitative estimate of drug-likeness (QED) is 0.864. The zero-order valence-corrected chi connectivity index (χ0v) is 16.2. The summed E-state index contributed by atoms with van der Waals surface area (Å²) in [6.45, 7) is 2.97. The standard InChI is InChI=1S/C23H26N2O3/c1-2-28-19-12-10-18(11-13-19)25-15-17(14-22(25)26)23(27)24-21-9-5-7-16-6-3-4-8-20(16)21/h3-4,6,8,10-13,17,21H,2,5,7,9,14-15H2,1H3,(H,24,27)/t17-,21-/m0/s1. The Balaban J connectivity index is 1.42. The van der Waals surface area contributed by atoms with Crippen LogP contribution in [0.3, 0.4) is 0 Å². The number of nitrogens with zero attached hydrogens (tertiary/aromatic N) is 1. The first-order chi connectivity index (χ1) is 13.7. The summed E-state index contributed by atoms with van der Waals surface area (Å²) in [5, 5.41) is 3.20. The molecule has 28 heavy (non-hydrogen) atoms. The molecule has 0 unspecified atom stereocenters. The average Bonchev–Trinajstić information content (AvgIpc) is 3.11. The van der Waals surface area contributed by atoms with Crippen molar-refractivity contribution >= 4 is 17.5 Å². The molecule has 2 amide bonds. The number of hydrogen-bond donors (Lipinski definition) is 1. The van der Waals surface area contributed by atoms with E-state index in [9.17, 15) is 9.59 Å². The third kappa shape index (κ3) is 3.75. The van der Waals surface area contributed by atoms with Crippen LogP contribution in [0.1, 0.15) is 43.4 Å². The second-order valence-corrected chi connectivity index (χ2v) is 7.48. The smallest absolute Gasteiger partial charge is 0.227 e. The van der Waals surface area contributed by atoms with Crippen LogP contribution in [0.25, 0.3) is 0 Å². The summed E-state index contributed by atoms with van der Waals surface area (Å²) in [4.78, 5) is 27.1. The minimum Gasteiger partial charge on any atom is -0.494 e. The second-order valence-electron chi connectivity index (χ2n) is 7.48. The first-order valence-electron chi connectivity index (χ1n) is 10.1. The molecule has 146 valence electrons. The van der Waals surface area contributed by atoms with Gasteiger partial charge in [0.25, 0.3) is 0 Å². The van der Waals surface area contributed by atoms with Crippen LogP contribution in [0.15, 0.2) is 48.5 Å². The molecule has 0 radical (unpaired) electrons. The van der Waals surface area contributed by atoms with Crippen LogP contribution in [-0.2, 0) is 16.0 Å². The van der Waals surface area contributed by atoms with E-state index in [2.05, 4.69) is 17.4 Å². The minimum absolute atomic E-state index is 0.00615. The van der Waals surface area contributed by atoms with Crippen LogP contribution in [-0.4, -0.2) is 25.0 Å². The molecule has 1 saturated heterocycles. The molecule has 1 N–H and O–H groups in total. The number of nitrogens with one attached hydrogen (secondary N) is 1. The van der Waals surface area contributed by atoms with E-state index in [0.717, 1.165) is 30.7 Å². The van der Waals surface area contributed by atoms with Crippen LogP contribution in [0.2, 0.25) is 0 Å². The SMILES string of the molecule is CCOc1ccc(N2C[C@@H](C(=O)N[C@H]3CCCc4ccccc43)CC2=O)cc1. The number of hydrogen-bond acceptors (Lipinski definition) is 3. The van der Waals surface area contributed by atoms with Crippen molar-refractivity contribution in [1.82, 2.24) is 5.32 Å². The Hall–Kier alpha value is -2.82. The van der Waals surface area contributed by atoms with E-state index in [1.54, 1.807) is 4.90 Å². The Bertz CT molecular complexity index is 862. The van der Waals surface area contributed by atoms with Crippen molar-refractivity contribution in [1.29, 1.82) is 0 Å². The Labute approximate surface area is 165 Å². The fourth-order valence-electron chi connectivity index (χ4n) is 4.22. The Morgan fingerprint density at radius 2 is 1.96 bits per heavy atom. The van der Waals surface area contributed by atoms with Gasteiger partial charge in [0.2, 0.25) is 11.8 Å². The third-order valence-electron chi connectivity index (χ3n) is 5.64. The number of amides is 2. The summed E-state index contributed by atoms with van der Waals surface area (Å²) in [5.41, 5.74) is 3.35. The maximum absolute atomic E-state index is 12.9. The first kappa shape index (κ1) is 18.5. The van der Waals surface area contributed by atoms with Gasteiger partial charge in [-0.15, -0.1) is 0 Å².